The van der Waals surface area contributed by atoms with Crippen molar-refractivity contribution in [3.8, 4) is 5.69 Å². The van der Waals surface area contributed by atoms with Crippen LogP contribution in [-0.4, -0.2) is 15.5 Å². The molecule has 2 aromatic rings. The van der Waals surface area contributed by atoms with E-state index >= 15 is 0 Å². The van der Waals surface area contributed by atoms with Gasteiger partial charge >= 0.3 is 0 Å². The van der Waals surface area contributed by atoms with Gasteiger partial charge in [-0.05, 0) is 46.9 Å². The van der Waals surface area contributed by atoms with Crippen molar-refractivity contribution >= 4 is 28.5 Å². The lowest BCUT2D eigenvalue weighted by molar-refractivity contribution is -0.119. The van der Waals surface area contributed by atoms with Crippen molar-refractivity contribution in [3.05, 3.63) is 46.1 Å². The number of hydrogen-bond acceptors (Lipinski definition) is 2. The largest absolute Gasteiger partial charge is 0.351 e. The minimum absolute atomic E-state index is 0.0474. The van der Waals surface area contributed by atoms with Gasteiger partial charge in [-0.2, -0.15) is 0 Å². The molecule has 2 rings (SSSR count). The number of nitrogens with one attached hydrogen (secondary N) is 1. The normalized spacial score (nSPS) is 10.2. The van der Waals surface area contributed by atoms with Gasteiger partial charge in [0.05, 0.1) is 18.6 Å². The first-order valence-electron chi connectivity index (χ1n) is 5.18. The summed E-state index contributed by atoms with van der Waals surface area (Å²) in [5, 5.41) is 2.72. The standard InChI is InChI=1S/C12H12IN3O/c1-9(17)14-6-11-7-16(8-15-11)12-4-2-10(13)3-5-12/h2-5,7-8H,6H2,1H3,(H,14,17). The van der Waals surface area contributed by atoms with Crippen molar-refractivity contribution in [2.75, 3.05) is 0 Å². The number of nitrogens with zero attached hydrogens (tertiary/aromatic N) is 2. The Morgan fingerprint density at radius 1 is 1.41 bits per heavy atom. The predicted octanol–water partition coefficient (Wildman–Crippen LogP) is 2.11. The van der Waals surface area contributed by atoms with Crippen molar-refractivity contribution in [2.45, 2.75) is 13.5 Å². The monoisotopic (exact) mass is 341 g/mol. The molecular formula is C12H12IN3O. The first-order valence-corrected chi connectivity index (χ1v) is 6.26. The molecule has 1 amide bonds. The Labute approximate surface area is 113 Å². The van der Waals surface area contributed by atoms with Gasteiger partial charge in [0.25, 0.3) is 0 Å². The molecule has 0 saturated carbocycles. The Balaban J connectivity index is 2.12. The van der Waals surface area contributed by atoms with E-state index in [-0.39, 0.29) is 5.91 Å². The molecular weight excluding hydrogens is 329 g/mol. The summed E-state index contributed by atoms with van der Waals surface area (Å²) < 4.78 is 3.14. The maximum atomic E-state index is 10.8. The average molecular weight is 341 g/mol. The molecule has 0 spiro atoms. The molecule has 0 atom stereocenters. The SMILES string of the molecule is CC(=O)NCc1cn(-c2ccc(I)cc2)cn1. The van der Waals surface area contributed by atoms with Crippen molar-refractivity contribution in [3.63, 3.8) is 0 Å². The molecule has 1 heterocycles. The molecule has 1 aromatic carbocycles. The average Bonchev–Trinajstić information content (AvgIpc) is 2.76. The van der Waals surface area contributed by atoms with Gasteiger partial charge in [0.1, 0.15) is 0 Å². The van der Waals surface area contributed by atoms with Crippen LogP contribution in [0.15, 0.2) is 36.8 Å². The van der Waals surface area contributed by atoms with Gasteiger partial charge in [-0.15, -0.1) is 0 Å². The van der Waals surface area contributed by atoms with Gasteiger partial charge < -0.3 is 9.88 Å². The highest BCUT2D eigenvalue weighted by molar-refractivity contribution is 14.1. The molecule has 0 aliphatic heterocycles. The Hall–Kier alpha value is -1.37. The molecule has 0 aliphatic carbocycles. The fourth-order valence-electron chi connectivity index (χ4n) is 1.42. The quantitative estimate of drug-likeness (QED) is 0.870. The maximum Gasteiger partial charge on any atom is 0.217 e. The Morgan fingerprint density at radius 3 is 2.76 bits per heavy atom. The summed E-state index contributed by atoms with van der Waals surface area (Å²) in [4.78, 5) is 15.0. The van der Waals surface area contributed by atoms with Crippen LogP contribution >= 0.6 is 22.6 Å². The summed E-state index contributed by atoms with van der Waals surface area (Å²) in [6.45, 7) is 1.96. The summed E-state index contributed by atoms with van der Waals surface area (Å²) in [5.74, 6) is -0.0474. The van der Waals surface area contributed by atoms with Crippen LogP contribution in [-0.2, 0) is 11.3 Å². The van der Waals surface area contributed by atoms with E-state index < -0.39 is 0 Å². The van der Waals surface area contributed by atoms with Gasteiger partial charge in [-0.25, -0.2) is 4.98 Å². The molecule has 88 valence electrons. The van der Waals surface area contributed by atoms with E-state index in [1.54, 1.807) is 6.33 Å². The van der Waals surface area contributed by atoms with E-state index in [9.17, 15) is 4.79 Å². The predicted molar refractivity (Wildman–Crippen MR) is 73.8 cm³/mol. The molecule has 4 nitrogen and oxygen atoms in total. The summed E-state index contributed by atoms with van der Waals surface area (Å²) in [7, 11) is 0. The molecule has 0 radical (unpaired) electrons. The van der Waals surface area contributed by atoms with E-state index in [1.807, 2.05) is 35.0 Å². The van der Waals surface area contributed by atoms with Crippen LogP contribution in [0.25, 0.3) is 5.69 Å². The van der Waals surface area contributed by atoms with Gasteiger partial charge in [-0.1, -0.05) is 0 Å². The van der Waals surface area contributed by atoms with E-state index in [2.05, 4.69) is 32.9 Å². The number of halogens is 1. The van der Waals surface area contributed by atoms with Crippen molar-refractivity contribution < 1.29 is 4.79 Å². The van der Waals surface area contributed by atoms with E-state index in [0.29, 0.717) is 6.54 Å². The third-order valence-corrected chi connectivity index (χ3v) is 3.00. The number of imidazole rings is 1. The van der Waals surface area contributed by atoms with Crippen LogP contribution in [0.5, 0.6) is 0 Å². The van der Waals surface area contributed by atoms with Gasteiger partial charge in [-0.3, -0.25) is 4.79 Å². The molecule has 0 saturated heterocycles. The highest BCUT2D eigenvalue weighted by atomic mass is 127. The minimum atomic E-state index is -0.0474. The number of rotatable bonds is 3. The molecule has 0 bridgehead atoms. The van der Waals surface area contributed by atoms with E-state index in [1.165, 1.54) is 10.5 Å². The minimum Gasteiger partial charge on any atom is -0.351 e. The molecule has 0 unspecified atom stereocenters. The Kier molecular flexibility index (Phi) is 3.78. The zero-order valence-electron chi connectivity index (χ0n) is 9.35. The topological polar surface area (TPSA) is 46.9 Å². The smallest absolute Gasteiger partial charge is 0.217 e. The van der Waals surface area contributed by atoms with Crippen LogP contribution in [0, 0.1) is 3.57 Å². The Bertz CT molecular complexity index is 519. The van der Waals surface area contributed by atoms with Gasteiger partial charge in [0.15, 0.2) is 0 Å². The van der Waals surface area contributed by atoms with Crippen molar-refractivity contribution in [2.24, 2.45) is 0 Å². The second kappa shape index (κ2) is 5.31. The summed E-state index contributed by atoms with van der Waals surface area (Å²) in [5.41, 5.74) is 1.91. The fourth-order valence-corrected chi connectivity index (χ4v) is 1.78. The van der Waals surface area contributed by atoms with Crippen LogP contribution in [0.2, 0.25) is 0 Å². The lowest BCUT2D eigenvalue weighted by atomic mass is 10.3. The summed E-state index contributed by atoms with van der Waals surface area (Å²) in [6, 6.07) is 8.16. The van der Waals surface area contributed by atoms with E-state index in [4.69, 9.17) is 0 Å². The first kappa shape index (κ1) is 12.1. The van der Waals surface area contributed by atoms with Crippen LogP contribution in [0.4, 0.5) is 0 Å². The van der Waals surface area contributed by atoms with Gasteiger partial charge in [0.2, 0.25) is 5.91 Å². The lowest BCUT2D eigenvalue weighted by Gasteiger charge is -2.01. The zero-order chi connectivity index (χ0) is 12.3. The second-order valence-corrected chi connectivity index (χ2v) is 4.90. The third-order valence-electron chi connectivity index (χ3n) is 2.28. The molecule has 17 heavy (non-hydrogen) atoms. The number of amides is 1. The maximum absolute atomic E-state index is 10.8. The highest BCUT2D eigenvalue weighted by Crippen LogP contribution is 2.11. The first-order chi connectivity index (χ1) is 8.15. The molecule has 0 fully saturated rings. The fraction of sp³-hybridized carbons (Fsp3) is 0.167. The Morgan fingerprint density at radius 2 is 2.12 bits per heavy atom. The summed E-state index contributed by atoms with van der Waals surface area (Å²) in [6.07, 6.45) is 3.66. The molecule has 1 N–H and O–H groups in total. The number of hydrogen-bond donors (Lipinski definition) is 1. The van der Waals surface area contributed by atoms with Crippen LogP contribution < -0.4 is 5.32 Å². The molecule has 0 aliphatic rings. The zero-order valence-corrected chi connectivity index (χ0v) is 11.5. The summed E-state index contributed by atoms with van der Waals surface area (Å²) >= 11 is 2.27. The number of carbonyl (C=O) groups is 1. The van der Waals surface area contributed by atoms with Crippen LogP contribution in [0.3, 0.4) is 0 Å². The van der Waals surface area contributed by atoms with Gasteiger partial charge in [0, 0.05) is 22.4 Å². The number of benzene rings is 1. The van der Waals surface area contributed by atoms with Crippen LogP contribution in [0.1, 0.15) is 12.6 Å². The van der Waals surface area contributed by atoms with Crippen molar-refractivity contribution in [1.29, 1.82) is 0 Å². The molecule has 1 aromatic heterocycles. The molecule has 5 heteroatoms. The van der Waals surface area contributed by atoms with E-state index in [0.717, 1.165) is 11.4 Å². The highest BCUT2D eigenvalue weighted by Gasteiger charge is 2.01. The van der Waals surface area contributed by atoms with Crippen molar-refractivity contribution in [1.82, 2.24) is 14.9 Å². The number of aromatic nitrogens is 2. The number of carbonyl (C=O) groups excluding carboxylic acids is 1. The second-order valence-electron chi connectivity index (χ2n) is 3.66. The lowest BCUT2D eigenvalue weighted by Crippen LogP contribution is -2.18. The third kappa shape index (κ3) is 3.29.